The van der Waals surface area contributed by atoms with Gasteiger partial charge in [-0.1, -0.05) is 0 Å². The standard InChI is InChI=1S/C11H12BrNO4S/c12-9-5-4-7(6-10(9)18(13,15)16)11(14)17-8-2-1-3-8/h4-6,8H,1-3H2,(H2,13,15,16). The van der Waals surface area contributed by atoms with Crippen molar-refractivity contribution in [3.8, 4) is 0 Å². The van der Waals surface area contributed by atoms with Crippen LogP contribution >= 0.6 is 15.9 Å². The van der Waals surface area contributed by atoms with E-state index in [9.17, 15) is 13.2 Å². The summed E-state index contributed by atoms with van der Waals surface area (Å²) in [6.07, 6.45) is 2.74. The summed E-state index contributed by atoms with van der Waals surface area (Å²) in [7, 11) is -3.86. The van der Waals surface area contributed by atoms with Crippen molar-refractivity contribution in [3.05, 3.63) is 28.2 Å². The summed E-state index contributed by atoms with van der Waals surface area (Å²) in [6.45, 7) is 0. The van der Waals surface area contributed by atoms with Gasteiger partial charge in [-0.05, 0) is 53.4 Å². The number of hydrogen-bond donors (Lipinski definition) is 1. The number of carbonyl (C=O) groups is 1. The van der Waals surface area contributed by atoms with Gasteiger partial charge in [-0.25, -0.2) is 18.4 Å². The molecule has 2 rings (SSSR count). The molecule has 1 saturated carbocycles. The molecule has 7 heteroatoms. The molecule has 2 N–H and O–H groups in total. The zero-order chi connectivity index (χ0) is 13.3. The van der Waals surface area contributed by atoms with Gasteiger partial charge in [0.15, 0.2) is 0 Å². The van der Waals surface area contributed by atoms with E-state index in [1.54, 1.807) is 0 Å². The number of hydrogen-bond acceptors (Lipinski definition) is 4. The van der Waals surface area contributed by atoms with E-state index in [1.807, 2.05) is 0 Å². The average Bonchev–Trinajstić information content (AvgIpc) is 2.22. The van der Waals surface area contributed by atoms with Gasteiger partial charge in [-0.3, -0.25) is 0 Å². The first-order valence-electron chi connectivity index (χ1n) is 5.41. The lowest BCUT2D eigenvalue weighted by Gasteiger charge is -2.25. The van der Waals surface area contributed by atoms with Crippen LogP contribution in [0.3, 0.4) is 0 Å². The molecule has 0 saturated heterocycles. The van der Waals surface area contributed by atoms with Crippen LogP contribution in [0.2, 0.25) is 0 Å². The van der Waals surface area contributed by atoms with Gasteiger partial charge in [0.1, 0.15) is 6.10 Å². The van der Waals surface area contributed by atoms with Crippen molar-refractivity contribution in [2.24, 2.45) is 5.14 Å². The second-order valence-electron chi connectivity index (χ2n) is 4.15. The summed E-state index contributed by atoms with van der Waals surface area (Å²) >= 11 is 3.08. The zero-order valence-electron chi connectivity index (χ0n) is 9.43. The molecule has 0 bridgehead atoms. The first-order valence-corrected chi connectivity index (χ1v) is 7.75. The molecule has 1 aliphatic rings. The number of halogens is 1. The van der Waals surface area contributed by atoms with Gasteiger partial charge in [-0.2, -0.15) is 0 Å². The van der Waals surface area contributed by atoms with Gasteiger partial charge in [0.05, 0.1) is 10.5 Å². The largest absolute Gasteiger partial charge is 0.459 e. The summed E-state index contributed by atoms with van der Waals surface area (Å²) in [5.41, 5.74) is 0.189. The van der Waals surface area contributed by atoms with Crippen LogP contribution in [0.15, 0.2) is 27.6 Å². The summed E-state index contributed by atoms with van der Waals surface area (Å²) < 4.78 is 28.1. The van der Waals surface area contributed by atoms with Gasteiger partial charge >= 0.3 is 5.97 Å². The van der Waals surface area contributed by atoms with Crippen LogP contribution < -0.4 is 5.14 Å². The Balaban J connectivity index is 2.26. The first-order chi connectivity index (χ1) is 8.38. The molecular formula is C11H12BrNO4S. The molecule has 0 unspecified atom stereocenters. The minimum Gasteiger partial charge on any atom is -0.459 e. The maximum atomic E-state index is 11.8. The highest BCUT2D eigenvalue weighted by atomic mass is 79.9. The SMILES string of the molecule is NS(=O)(=O)c1cc(C(=O)OC2CCC2)ccc1Br. The minimum absolute atomic E-state index is 0.0425. The number of rotatable bonds is 3. The number of nitrogens with two attached hydrogens (primary N) is 1. The highest BCUT2D eigenvalue weighted by molar-refractivity contribution is 9.10. The van der Waals surface area contributed by atoms with Crippen molar-refractivity contribution in [1.29, 1.82) is 0 Å². The van der Waals surface area contributed by atoms with E-state index < -0.39 is 16.0 Å². The van der Waals surface area contributed by atoms with Gasteiger partial charge in [0, 0.05) is 4.47 Å². The van der Waals surface area contributed by atoms with Crippen LogP contribution in [0, 0.1) is 0 Å². The van der Waals surface area contributed by atoms with E-state index in [2.05, 4.69) is 15.9 Å². The molecule has 1 fully saturated rings. The van der Waals surface area contributed by atoms with Crippen LogP contribution in [-0.4, -0.2) is 20.5 Å². The van der Waals surface area contributed by atoms with E-state index in [4.69, 9.17) is 9.88 Å². The number of ether oxygens (including phenoxy) is 1. The van der Waals surface area contributed by atoms with Crippen molar-refractivity contribution in [2.75, 3.05) is 0 Å². The smallest absolute Gasteiger partial charge is 0.338 e. The Labute approximate surface area is 113 Å². The molecule has 18 heavy (non-hydrogen) atoms. The van der Waals surface area contributed by atoms with E-state index in [0.717, 1.165) is 19.3 Å². The molecule has 1 aromatic carbocycles. The second-order valence-corrected chi connectivity index (χ2v) is 6.53. The fraction of sp³-hybridized carbons (Fsp3) is 0.364. The summed E-state index contributed by atoms with van der Waals surface area (Å²) in [5.74, 6) is -0.517. The molecule has 0 aliphatic heterocycles. The Kier molecular flexibility index (Phi) is 3.74. The molecule has 0 atom stereocenters. The molecule has 0 aromatic heterocycles. The van der Waals surface area contributed by atoms with Crippen LogP contribution in [0.4, 0.5) is 0 Å². The molecule has 1 aromatic rings. The highest BCUT2D eigenvalue weighted by Gasteiger charge is 2.23. The first kappa shape index (κ1) is 13.5. The van der Waals surface area contributed by atoms with Gasteiger partial charge in [0.2, 0.25) is 10.0 Å². The van der Waals surface area contributed by atoms with E-state index in [0.29, 0.717) is 4.47 Å². The number of sulfonamides is 1. The number of esters is 1. The Bertz CT molecular complexity index is 581. The van der Waals surface area contributed by atoms with Crippen LogP contribution in [-0.2, 0) is 14.8 Å². The Hall–Kier alpha value is -0.920. The van der Waals surface area contributed by atoms with E-state index in [-0.39, 0.29) is 16.6 Å². The molecule has 98 valence electrons. The van der Waals surface area contributed by atoms with E-state index >= 15 is 0 Å². The Morgan fingerprint density at radius 1 is 1.39 bits per heavy atom. The van der Waals surface area contributed by atoms with Crippen molar-refractivity contribution in [3.63, 3.8) is 0 Å². The fourth-order valence-corrected chi connectivity index (χ4v) is 3.11. The number of carbonyl (C=O) groups excluding carboxylic acids is 1. The highest BCUT2D eigenvalue weighted by Crippen LogP contribution is 2.25. The van der Waals surface area contributed by atoms with Crippen LogP contribution in [0.1, 0.15) is 29.6 Å². The molecular weight excluding hydrogens is 322 g/mol. The van der Waals surface area contributed by atoms with Gasteiger partial charge < -0.3 is 4.74 Å². The lowest BCUT2D eigenvalue weighted by molar-refractivity contribution is 0.00898. The molecule has 1 aliphatic carbocycles. The minimum atomic E-state index is -3.86. The maximum Gasteiger partial charge on any atom is 0.338 e. The predicted octanol–water partition coefficient (Wildman–Crippen LogP) is 1.81. The molecule has 0 amide bonds. The molecule has 0 radical (unpaired) electrons. The number of primary sulfonamides is 1. The fourth-order valence-electron chi connectivity index (χ4n) is 1.56. The third kappa shape index (κ3) is 2.90. The van der Waals surface area contributed by atoms with Crippen molar-refractivity contribution in [2.45, 2.75) is 30.3 Å². The lowest BCUT2D eigenvalue weighted by Crippen LogP contribution is -2.25. The quantitative estimate of drug-likeness (QED) is 0.854. The second kappa shape index (κ2) is 4.99. The molecule has 0 spiro atoms. The zero-order valence-corrected chi connectivity index (χ0v) is 11.8. The Morgan fingerprint density at radius 2 is 2.06 bits per heavy atom. The molecule has 0 heterocycles. The van der Waals surface area contributed by atoms with Crippen molar-refractivity contribution >= 4 is 31.9 Å². The topological polar surface area (TPSA) is 86.5 Å². The normalized spacial score (nSPS) is 16.1. The third-order valence-electron chi connectivity index (χ3n) is 2.80. The van der Waals surface area contributed by atoms with Crippen molar-refractivity contribution < 1.29 is 17.9 Å². The third-order valence-corrected chi connectivity index (χ3v) is 4.70. The average molecular weight is 334 g/mol. The lowest BCUT2D eigenvalue weighted by atomic mass is 9.96. The van der Waals surface area contributed by atoms with E-state index in [1.165, 1.54) is 18.2 Å². The van der Waals surface area contributed by atoms with Crippen LogP contribution in [0.5, 0.6) is 0 Å². The predicted molar refractivity (Wildman–Crippen MR) is 68.6 cm³/mol. The Morgan fingerprint density at radius 3 is 2.56 bits per heavy atom. The van der Waals surface area contributed by atoms with Crippen LogP contribution in [0.25, 0.3) is 0 Å². The van der Waals surface area contributed by atoms with Gasteiger partial charge in [-0.15, -0.1) is 0 Å². The summed E-state index contributed by atoms with van der Waals surface area (Å²) in [4.78, 5) is 11.6. The monoisotopic (exact) mass is 333 g/mol. The van der Waals surface area contributed by atoms with Crippen molar-refractivity contribution in [1.82, 2.24) is 0 Å². The maximum absolute atomic E-state index is 11.8. The number of benzene rings is 1. The summed E-state index contributed by atoms with van der Waals surface area (Å²) in [6, 6.07) is 4.19. The summed E-state index contributed by atoms with van der Waals surface area (Å²) in [5, 5.41) is 5.06. The van der Waals surface area contributed by atoms with Gasteiger partial charge in [0.25, 0.3) is 0 Å². The molecule has 5 nitrogen and oxygen atoms in total.